The zero-order valence-corrected chi connectivity index (χ0v) is 8.38. The average molecular weight is 206 g/mol. The summed E-state index contributed by atoms with van der Waals surface area (Å²) in [6.45, 7) is 0.874. The van der Waals surface area contributed by atoms with Gasteiger partial charge in [0, 0.05) is 26.1 Å². The Morgan fingerprint density at radius 3 is 2.31 bits per heavy atom. The van der Waals surface area contributed by atoms with Gasteiger partial charge in [0.15, 0.2) is 0 Å². The summed E-state index contributed by atoms with van der Waals surface area (Å²) in [5, 5.41) is 0. The van der Waals surface area contributed by atoms with Crippen LogP contribution in [0.1, 0.15) is 12.8 Å². The molecule has 0 atom stereocenters. The third-order valence-corrected chi connectivity index (χ3v) is 3.85. The lowest BCUT2D eigenvalue weighted by atomic mass is 10.0. The van der Waals surface area contributed by atoms with E-state index >= 15 is 0 Å². The molecule has 5 nitrogen and oxygen atoms in total. The molecule has 0 aromatic carbocycles. The van der Waals surface area contributed by atoms with E-state index in [2.05, 4.69) is 4.72 Å². The number of rotatable bonds is 3. The predicted molar refractivity (Wildman–Crippen MR) is 48.3 cm³/mol. The quantitative estimate of drug-likeness (QED) is 0.625. The van der Waals surface area contributed by atoms with E-state index < -0.39 is 10.2 Å². The highest BCUT2D eigenvalue weighted by molar-refractivity contribution is 7.87. The Labute approximate surface area is 78.3 Å². The average Bonchev–Trinajstić information content (AvgIpc) is 2.18. The second kappa shape index (κ2) is 4.17. The molecule has 0 aromatic heterocycles. The second-order valence-electron chi connectivity index (χ2n) is 3.08. The number of hydrogen-bond donors (Lipinski definition) is 1. The third-order valence-electron chi connectivity index (χ3n) is 2.29. The van der Waals surface area contributed by atoms with Crippen LogP contribution in [0, 0.1) is 5.92 Å². The van der Waals surface area contributed by atoms with Crippen molar-refractivity contribution < 1.29 is 13.2 Å². The molecular weight excluding hydrogens is 192 g/mol. The number of aldehydes is 1. The molecule has 6 heteroatoms. The van der Waals surface area contributed by atoms with Gasteiger partial charge in [-0.05, 0) is 12.8 Å². The lowest BCUT2D eigenvalue weighted by molar-refractivity contribution is -0.112. The molecule has 0 amide bonds. The summed E-state index contributed by atoms with van der Waals surface area (Å²) in [5.41, 5.74) is 0. The van der Waals surface area contributed by atoms with Gasteiger partial charge in [0.2, 0.25) is 0 Å². The molecule has 1 N–H and O–H groups in total. The van der Waals surface area contributed by atoms with Crippen molar-refractivity contribution in [3.8, 4) is 0 Å². The Kier molecular flexibility index (Phi) is 3.40. The van der Waals surface area contributed by atoms with Gasteiger partial charge in [0.25, 0.3) is 10.2 Å². The SMILES string of the molecule is CNS(=O)(=O)N1CCC(C=O)CC1. The number of hydrogen-bond acceptors (Lipinski definition) is 3. The van der Waals surface area contributed by atoms with Crippen molar-refractivity contribution in [2.75, 3.05) is 20.1 Å². The highest BCUT2D eigenvalue weighted by Crippen LogP contribution is 2.16. The topological polar surface area (TPSA) is 66.5 Å². The van der Waals surface area contributed by atoms with Crippen LogP contribution in [-0.2, 0) is 15.0 Å². The van der Waals surface area contributed by atoms with E-state index in [0.717, 1.165) is 6.29 Å². The first-order valence-electron chi connectivity index (χ1n) is 4.24. The summed E-state index contributed by atoms with van der Waals surface area (Å²) in [5.74, 6) is 0.0308. The standard InChI is InChI=1S/C7H14N2O3S/c1-8-13(11,12)9-4-2-7(6-10)3-5-9/h6-8H,2-5H2,1H3. The fourth-order valence-electron chi connectivity index (χ4n) is 1.38. The van der Waals surface area contributed by atoms with Crippen molar-refractivity contribution in [3.63, 3.8) is 0 Å². The molecule has 1 aliphatic heterocycles. The van der Waals surface area contributed by atoms with Gasteiger partial charge < -0.3 is 4.79 Å². The van der Waals surface area contributed by atoms with Gasteiger partial charge >= 0.3 is 0 Å². The van der Waals surface area contributed by atoms with Crippen LogP contribution in [0.15, 0.2) is 0 Å². The van der Waals surface area contributed by atoms with Crippen LogP contribution in [0.4, 0.5) is 0 Å². The van der Waals surface area contributed by atoms with Crippen molar-refractivity contribution in [1.82, 2.24) is 9.03 Å². The predicted octanol–water partition coefficient (Wildman–Crippen LogP) is -0.639. The van der Waals surface area contributed by atoms with Crippen molar-refractivity contribution in [1.29, 1.82) is 0 Å². The number of carbonyl (C=O) groups is 1. The molecule has 0 unspecified atom stereocenters. The van der Waals surface area contributed by atoms with E-state index in [0.29, 0.717) is 25.9 Å². The Morgan fingerprint density at radius 2 is 1.92 bits per heavy atom. The Bertz CT molecular complexity index is 267. The molecule has 76 valence electrons. The first kappa shape index (κ1) is 10.6. The van der Waals surface area contributed by atoms with E-state index in [9.17, 15) is 13.2 Å². The van der Waals surface area contributed by atoms with Gasteiger partial charge in [-0.3, -0.25) is 0 Å². The van der Waals surface area contributed by atoms with Crippen LogP contribution in [0.5, 0.6) is 0 Å². The van der Waals surface area contributed by atoms with Crippen LogP contribution >= 0.6 is 0 Å². The fraction of sp³-hybridized carbons (Fsp3) is 0.857. The van der Waals surface area contributed by atoms with Gasteiger partial charge in [-0.2, -0.15) is 12.7 Å². The van der Waals surface area contributed by atoms with Gasteiger partial charge in [-0.25, -0.2) is 4.72 Å². The normalized spacial score (nSPS) is 21.6. The van der Waals surface area contributed by atoms with E-state index in [-0.39, 0.29) is 5.92 Å². The maximum atomic E-state index is 11.3. The molecule has 1 rings (SSSR count). The zero-order valence-electron chi connectivity index (χ0n) is 7.56. The minimum absolute atomic E-state index is 0.0308. The molecule has 13 heavy (non-hydrogen) atoms. The summed E-state index contributed by atoms with van der Waals surface area (Å²) < 4.78 is 26.2. The second-order valence-corrected chi connectivity index (χ2v) is 4.96. The van der Waals surface area contributed by atoms with Crippen molar-refractivity contribution in [2.45, 2.75) is 12.8 Å². The molecule has 0 saturated carbocycles. The minimum atomic E-state index is -3.29. The van der Waals surface area contributed by atoms with Gasteiger partial charge in [0.05, 0.1) is 0 Å². The largest absolute Gasteiger partial charge is 0.303 e. The van der Waals surface area contributed by atoms with Crippen LogP contribution in [-0.4, -0.2) is 39.1 Å². The summed E-state index contributed by atoms with van der Waals surface area (Å²) in [6.07, 6.45) is 2.16. The van der Waals surface area contributed by atoms with Crippen LogP contribution in [0.25, 0.3) is 0 Å². The molecule has 1 aliphatic rings. The van der Waals surface area contributed by atoms with Gasteiger partial charge in [-0.15, -0.1) is 0 Å². The lowest BCUT2D eigenvalue weighted by Gasteiger charge is -2.28. The number of nitrogens with zero attached hydrogens (tertiary/aromatic N) is 1. The van der Waals surface area contributed by atoms with E-state index in [1.165, 1.54) is 11.4 Å². The first-order valence-corrected chi connectivity index (χ1v) is 5.68. The van der Waals surface area contributed by atoms with E-state index in [1.807, 2.05) is 0 Å². The maximum absolute atomic E-state index is 11.3. The van der Waals surface area contributed by atoms with E-state index in [4.69, 9.17) is 0 Å². The zero-order chi connectivity index (χ0) is 9.90. The van der Waals surface area contributed by atoms with Crippen LogP contribution in [0.2, 0.25) is 0 Å². The minimum Gasteiger partial charge on any atom is -0.303 e. The van der Waals surface area contributed by atoms with E-state index in [1.54, 1.807) is 0 Å². The van der Waals surface area contributed by atoms with Gasteiger partial charge in [-0.1, -0.05) is 0 Å². The third kappa shape index (κ3) is 2.49. The summed E-state index contributed by atoms with van der Waals surface area (Å²) in [6, 6.07) is 0. The smallest absolute Gasteiger partial charge is 0.279 e. The van der Waals surface area contributed by atoms with Crippen molar-refractivity contribution in [2.24, 2.45) is 5.92 Å². The van der Waals surface area contributed by atoms with Crippen molar-refractivity contribution >= 4 is 16.5 Å². The molecule has 1 heterocycles. The molecule has 0 aromatic rings. The molecule has 0 aliphatic carbocycles. The summed E-state index contributed by atoms with van der Waals surface area (Å²) in [4.78, 5) is 10.4. The number of piperidine rings is 1. The lowest BCUT2D eigenvalue weighted by Crippen LogP contribution is -2.43. The molecule has 0 radical (unpaired) electrons. The number of nitrogens with one attached hydrogen (secondary N) is 1. The molecule has 0 bridgehead atoms. The van der Waals surface area contributed by atoms with Crippen LogP contribution < -0.4 is 4.72 Å². The highest BCUT2D eigenvalue weighted by Gasteiger charge is 2.26. The van der Waals surface area contributed by atoms with Gasteiger partial charge in [0.1, 0.15) is 6.29 Å². The summed E-state index contributed by atoms with van der Waals surface area (Å²) >= 11 is 0. The van der Waals surface area contributed by atoms with Crippen LogP contribution in [0.3, 0.4) is 0 Å². The summed E-state index contributed by atoms with van der Waals surface area (Å²) in [7, 11) is -1.90. The molecule has 0 spiro atoms. The molecular formula is C7H14N2O3S. The molecule has 1 fully saturated rings. The first-order chi connectivity index (χ1) is 6.10. The fourth-order valence-corrected chi connectivity index (χ4v) is 2.33. The Morgan fingerprint density at radius 1 is 1.38 bits per heavy atom. The number of carbonyl (C=O) groups excluding carboxylic acids is 1. The molecule has 1 saturated heterocycles. The Hall–Kier alpha value is -0.460. The highest BCUT2D eigenvalue weighted by atomic mass is 32.2. The van der Waals surface area contributed by atoms with Crippen molar-refractivity contribution in [3.05, 3.63) is 0 Å². The monoisotopic (exact) mass is 206 g/mol. The maximum Gasteiger partial charge on any atom is 0.279 e. The Balaban J connectivity index is 2.55.